The van der Waals surface area contributed by atoms with Crippen molar-refractivity contribution in [2.24, 2.45) is 0 Å². The monoisotopic (exact) mass is 476 g/mol. The Bertz CT molecular complexity index is 1070. The lowest BCUT2D eigenvalue weighted by molar-refractivity contribution is -0.113. The number of nitrogens with zero attached hydrogens (tertiary/aromatic N) is 3. The normalized spacial score (nSPS) is 12.1. The number of carbonyl (C=O) groups excluding carboxylic acids is 1. The van der Waals surface area contributed by atoms with E-state index in [-0.39, 0.29) is 16.7 Å². The Morgan fingerprint density at radius 3 is 2.53 bits per heavy atom. The Kier molecular flexibility index (Phi) is 8.15. The molecule has 1 atom stereocenters. The molecule has 6 nitrogen and oxygen atoms in total. The molecule has 3 rings (SSSR count). The van der Waals surface area contributed by atoms with Crippen LogP contribution in [0.3, 0.4) is 0 Å². The summed E-state index contributed by atoms with van der Waals surface area (Å²) in [6.45, 7) is 8.64. The Hall–Kier alpha value is -2.58. The van der Waals surface area contributed by atoms with Gasteiger partial charge in [0, 0.05) is 12.2 Å². The molecule has 170 valence electrons. The van der Waals surface area contributed by atoms with Crippen molar-refractivity contribution in [3.8, 4) is 5.75 Å². The standard InChI is InChI=1S/C23H26ClFN4O2S/c1-5-29-22(15(4)31-20-11-8-17(25)12-19(20)24)27-28-23(29)32-13-21(30)26-18-9-6-16(7-10-18)14(2)3/h6-12,14-15H,5,13H2,1-4H3,(H,26,30). The average Bonchev–Trinajstić information content (AvgIpc) is 3.17. The smallest absolute Gasteiger partial charge is 0.234 e. The number of carbonyl (C=O) groups is 1. The van der Waals surface area contributed by atoms with E-state index < -0.39 is 11.9 Å². The largest absolute Gasteiger partial charge is 0.481 e. The second-order valence-corrected chi connectivity index (χ2v) is 8.88. The predicted octanol–water partition coefficient (Wildman–Crippen LogP) is 6.08. The average molecular weight is 477 g/mol. The minimum absolute atomic E-state index is 0.123. The van der Waals surface area contributed by atoms with Gasteiger partial charge in [0.25, 0.3) is 0 Å². The van der Waals surface area contributed by atoms with Gasteiger partial charge in [0.2, 0.25) is 5.91 Å². The van der Waals surface area contributed by atoms with E-state index in [1.807, 2.05) is 42.7 Å². The van der Waals surface area contributed by atoms with Gasteiger partial charge in [-0.05, 0) is 55.7 Å². The minimum atomic E-state index is -0.465. The van der Waals surface area contributed by atoms with Crippen LogP contribution in [0, 0.1) is 5.82 Å². The van der Waals surface area contributed by atoms with E-state index >= 15 is 0 Å². The zero-order valence-corrected chi connectivity index (χ0v) is 20.0. The van der Waals surface area contributed by atoms with Crippen molar-refractivity contribution >= 4 is 35.0 Å². The summed E-state index contributed by atoms with van der Waals surface area (Å²) in [4.78, 5) is 12.4. The molecule has 0 fully saturated rings. The SMILES string of the molecule is CCn1c(SCC(=O)Nc2ccc(C(C)C)cc2)nnc1C(C)Oc1ccc(F)cc1Cl. The summed E-state index contributed by atoms with van der Waals surface area (Å²) in [7, 11) is 0. The summed E-state index contributed by atoms with van der Waals surface area (Å²) in [6.07, 6.45) is -0.465. The van der Waals surface area contributed by atoms with Gasteiger partial charge in [-0.1, -0.05) is 49.3 Å². The highest BCUT2D eigenvalue weighted by Crippen LogP contribution is 2.30. The van der Waals surface area contributed by atoms with Crippen molar-refractivity contribution in [1.29, 1.82) is 0 Å². The number of aromatic nitrogens is 3. The Morgan fingerprint density at radius 2 is 1.91 bits per heavy atom. The van der Waals surface area contributed by atoms with Crippen molar-refractivity contribution in [2.75, 3.05) is 11.1 Å². The van der Waals surface area contributed by atoms with Gasteiger partial charge in [0.15, 0.2) is 17.1 Å². The highest BCUT2D eigenvalue weighted by Gasteiger charge is 2.20. The summed E-state index contributed by atoms with van der Waals surface area (Å²) in [5, 5.41) is 12.2. The summed E-state index contributed by atoms with van der Waals surface area (Å²) in [5.74, 6) is 1.04. The van der Waals surface area contributed by atoms with Crippen molar-refractivity contribution in [3.05, 3.63) is 64.7 Å². The number of thioether (sulfide) groups is 1. The molecule has 9 heteroatoms. The summed E-state index contributed by atoms with van der Waals surface area (Å²) in [5.41, 5.74) is 1.98. The maximum atomic E-state index is 13.3. The molecule has 1 N–H and O–H groups in total. The first-order chi connectivity index (χ1) is 15.3. The number of hydrogen-bond donors (Lipinski definition) is 1. The molecule has 1 unspecified atom stereocenters. The zero-order valence-electron chi connectivity index (χ0n) is 18.4. The lowest BCUT2D eigenvalue weighted by Gasteiger charge is -2.16. The quantitative estimate of drug-likeness (QED) is 0.379. The number of hydrogen-bond acceptors (Lipinski definition) is 5. The first-order valence-corrected chi connectivity index (χ1v) is 11.7. The highest BCUT2D eigenvalue weighted by atomic mass is 35.5. The molecular formula is C23H26ClFN4O2S. The highest BCUT2D eigenvalue weighted by molar-refractivity contribution is 7.99. The van der Waals surface area contributed by atoms with Crippen molar-refractivity contribution in [1.82, 2.24) is 14.8 Å². The minimum Gasteiger partial charge on any atom is -0.481 e. The number of anilines is 1. The fourth-order valence-electron chi connectivity index (χ4n) is 3.10. The molecular weight excluding hydrogens is 451 g/mol. The van der Waals surface area contributed by atoms with E-state index in [4.69, 9.17) is 16.3 Å². The third-order valence-corrected chi connectivity index (χ3v) is 6.08. The number of nitrogens with one attached hydrogen (secondary N) is 1. The molecule has 1 heterocycles. The second-order valence-electron chi connectivity index (χ2n) is 7.53. The van der Waals surface area contributed by atoms with Gasteiger partial charge >= 0.3 is 0 Å². The molecule has 0 bridgehead atoms. The van der Waals surface area contributed by atoms with Crippen LogP contribution in [-0.2, 0) is 11.3 Å². The summed E-state index contributed by atoms with van der Waals surface area (Å²) in [6, 6.07) is 11.8. The fraction of sp³-hybridized carbons (Fsp3) is 0.348. The van der Waals surface area contributed by atoms with E-state index in [1.165, 1.54) is 35.5 Å². The second kappa shape index (κ2) is 10.8. The van der Waals surface area contributed by atoms with Gasteiger partial charge in [-0.3, -0.25) is 4.79 Å². The van der Waals surface area contributed by atoms with Crippen LogP contribution in [0.1, 0.15) is 51.1 Å². The molecule has 3 aromatic rings. The molecule has 0 saturated carbocycles. The van der Waals surface area contributed by atoms with Crippen molar-refractivity contribution < 1.29 is 13.9 Å². The molecule has 32 heavy (non-hydrogen) atoms. The first-order valence-electron chi connectivity index (χ1n) is 10.4. The molecule has 0 aliphatic heterocycles. The molecule has 0 radical (unpaired) electrons. The molecule has 0 aliphatic rings. The number of amides is 1. The van der Waals surface area contributed by atoms with Crippen molar-refractivity contribution in [2.45, 2.75) is 51.4 Å². The summed E-state index contributed by atoms with van der Waals surface area (Å²) >= 11 is 7.36. The van der Waals surface area contributed by atoms with Crippen LogP contribution in [0.5, 0.6) is 5.75 Å². The van der Waals surface area contributed by atoms with Gasteiger partial charge in [-0.25, -0.2) is 4.39 Å². The molecule has 2 aromatic carbocycles. The molecule has 1 amide bonds. The Labute approximate surface area is 196 Å². The first kappa shape index (κ1) is 24.1. The van der Waals surface area contributed by atoms with Crippen LogP contribution in [0.2, 0.25) is 5.02 Å². The molecule has 0 spiro atoms. The van der Waals surface area contributed by atoms with Crippen molar-refractivity contribution in [3.63, 3.8) is 0 Å². The molecule has 0 saturated heterocycles. The zero-order chi connectivity index (χ0) is 23.3. The number of benzene rings is 2. The van der Waals surface area contributed by atoms with Gasteiger partial charge in [-0.15, -0.1) is 10.2 Å². The van der Waals surface area contributed by atoms with E-state index in [0.717, 1.165) is 5.69 Å². The van der Waals surface area contributed by atoms with Crippen LogP contribution in [0.25, 0.3) is 0 Å². The van der Waals surface area contributed by atoms with E-state index in [0.29, 0.717) is 29.2 Å². The lowest BCUT2D eigenvalue weighted by atomic mass is 10.0. The topological polar surface area (TPSA) is 69.0 Å². The Morgan fingerprint density at radius 1 is 1.19 bits per heavy atom. The fourth-order valence-corrected chi connectivity index (χ4v) is 4.12. The number of rotatable bonds is 9. The van der Waals surface area contributed by atoms with E-state index in [2.05, 4.69) is 29.4 Å². The maximum absolute atomic E-state index is 13.3. The number of halogens is 2. The molecule has 1 aromatic heterocycles. The van der Waals surface area contributed by atoms with E-state index in [1.54, 1.807) is 0 Å². The van der Waals surface area contributed by atoms with Crippen LogP contribution in [0.4, 0.5) is 10.1 Å². The predicted molar refractivity (Wildman–Crippen MR) is 126 cm³/mol. The Balaban J connectivity index is 1.62. The van der Waals surface area contributed by atoms with Gasteiger partial charge in [0.05, 0.1) is 10.8 Å². The molecule has 0 aliphatic carbocycles. The number of ether oxygens (including phenoxy) is 1. The third-order valence-electron chi connectivity index (χ3n) is 4.82. The third kappa shape index (κ3) is 6.01. The van der Waals surface area contributed by atoms with E-state index in [9.17, 15) is 9.18 Å². The lowest BCUT2D eigenvalue weighted by Crippen LogP contribution is -2.15. The van der Waals surface area contributed by atoms with Crippen LogP contribution >= 0.6 is 23.4 Å². The van der Waals surface area contributed by atoms with Gasteiger partial charge < -0.3 is 14.6 Å². The van der Waals surface area contributed by atoms with Gasteiger partial charge in [0.1, 0.15) is 11.6 Å². The van der Waals surface area contributed by atoms with Crippen LogP contribution < -0.4 is 10.1 Å². The van der Waals surface area contributed by atoms with Gasteiger partial charge in [-0.2, -0.15) is 0 Å². The maximum Gasteiger partial charge on any atom is 0.234 e. The van der Waals surface area contributed by atoms with Crippen LogP contribution in [-0.4, -0.2) is 26.4 Å². The summed E-state index contributed by atoms with van der Waals surface area (Å²) < 4.78 is 21.0. The van der Waals surface area contributed by atoms with Crippen LogP contribution in [0.15, 0.2) is 47.6 Å².